The molecule has 0 bridgehead atoms. The molecule has 0 aliphatic carbocycles. The average molecular weight is 344 g/mol. The molecule has 6 heteroatoms. The third kappa shape index (κ3) is 2.42. The molecule has 0 amide bonds. The van der Waals surface area contributed by atoms with E-state index in [1.54, 1.807) is 10.8 Å². The Labute approximate surface area is 125 Å². The summed E-state index contributed by atoms with van der Waals surface area (Å²) in [6.07, 6.45) is 3.52. The van der Waals surface area contributed by atoms with Crippen molar-refractivity contribution in [3.63, 3.8) is 0 Å². The standard InChI is InChI=1S/C14H18BrNO4/c1-14(4-3-7-17)5-6-16-8-9(15)11(18)12(20-2)10(16)13(14)19/h8,17H,3-7H2,1-2H3/t14-/m0/s1. The Hall–Kier alpha value is -1.14. The molecular formula is C14H18BrNO4. The van der Waals surface area contributed by atoms with Crippen molar-refractivity contribution < 1.29 is 14.6 Å². The van der Waals surface area contributed by atoms with Crippen LogP contribution >= 0.6 is 15.9 Å². The first-order valence-electron chi connectivity index (χ1n) is 6.57. The van der Waals surface area contributed by atoms with Crippen LogP contribution in [0.5, 0.6) is 5.75 Å². The summed E-state index contributed by atoms with van der Waals surface area (Å²) in [5.74, 6) is 0.0120. The topological polar surface area (TPSA) is 68.5 Å². The lowest BCUT2D eigenvalue weighted by Crippen LogP contribution is -2.38. The van der Waals surface area contributed by atoms with Gasteiger partial charge in [0, 0.05) is 24.8 Å². The smallest absolute Gasteiger partial charge is 0.238 e. The van der Waals surface area contributed by atoms with Crippen molar-refractivity contribution in [1.29, 1.82) is 0 Å². The summed E-state index contributed by atoms with van der Waals surface area (Å²) < 4.78 is 7.32. The number of carbonyl (C=O) groups excluding carboxylic acids is 1. The second kappa shape index (κ2) is 5.69. The highest BCUT2D eigenvalue weighted by Gasteiger charge is 2.40. The van der Waals surface area contributed by atoms with E-state index in [0.717, 1.165) is 0 Å². The van der Waals surface area contributed by atoms with Crippen LogP contribution in [0.25, 0.3) is 0 Å². The Morgan fingerprint density at radius 1 is 1.50 bits per heavy atom. The van der Waals surface area contributed by atoms with Gasteiger partial charge in [0.15, 0.2) is 11.5 Å². The third-order valence-corrected chi connectivity index (χ3v) is 4.52. The predicted octanol–water partition coefficient (Wildman–Crippen LogP) is 1.98. The molecule has 1 aromatic heterocycles. The minimum Gasteiger partial charge on any atom is -0.491 e. The molecule has 2 heterocycles. The van der Waals surface area contributed by atoms with E-state index in [9.17, 15) is 9.59 Å². The van der Waals surface area contributed by atoms with Crippen LogP contribution in [0.3, 0.4) is 0 Å². The number of aromatic nitrogens is 1. The van der Waals surface area contributed by atoms with Crippen LogP contribution in [-0.2, 0) is 6.54 Å². The predicted molar refractivity (Wildman–Crippen MR) is 78.3 cm³/mol. The number of aliphatic hydroxyl groups is 1. The van der Waals surface area contributed by atoms with E-state index < -0.39 is 5.41 Å². The number of aryl methyl sites for hydroxylation is 1. The molecule has 0 saturated heterocycles. The van der Waals surface area contributed by atoms with E-state index in [1.807, 2.05) is 6.92 Å². The summed E-state index contributed by atoms with van der Waals surface area (Å²) in [4.78, 5) is 24.8. The van der Waals surface area contributed by atoms with Crippen molar-refractivity contribution in [2.75, 3.05) is 13.7 Å². The lowest BCUT2D eigenvalue weighted by Gasteiger charge is -2.34. The van der Waals surface area contributed by atoms with E-state index in [0.29, 0.717) is 36.0 Å². The number of ketones is 1. The third-order valence-electron chi connectivity index (χ3n) is 3.95. The van der Waals surface area contributed by atoms with E-state index in [2.05, 4.69) is 15.9 Å². The molecule has 1 N–H and O–H groups in total. The van der Waals surface area contributed by atoms with E-state index in [1.165, 1.54) is 7.11 Å². The molecule has 1 atom stereocenters. The molecule has 110 valence electrons. The molecule has 0 radical (unpaired) electrons. The zero-order valence-corrected chi connectivity index (χ0v) is 13.2. The van der Waals surface area contributed by atoms with Crippen LogP contribution in [0.1, 0.15) is 36.7 Å². The van der Waals surface area contributed by atoms with Crippen molar-refractivity contribution in [3.05, 3.63) is 26.6 Å². The maximum absolute atomic E-state index is 12.8. The number of methoxy groups -OCH3 is 1. The van der Waals surface area contributed by atoms with Gasteiger partial charge in [-0.1, -0.05) is 6.92 Å². The fourth-order valence-corrected chi connectivity index (χ4v) is 3.11. The minimum atomic E-state index is -0.545. The van der Waals surface area contributed by atoms with Crippen LogP contribution in [0.15, 0.2) is 15.5 Å². The van der Waals surface area contributed by atoms with Gasteiger partial charge in [0.25, 0.3) is 0 Å². The largest absolute Gasteiger partial charge is 0.491 e. The van der Waals surface area contributed by atoms with Crippen LogP contribution in [0.2, 0.25) is 0 Å². The Balaban J connectivity index is 2.53. The van der Waals surface area contributed by atoms with Crippen molar-refractivity contribution >= 4 is 21.7 Å². The second-order valence-corrected chi connectivity index (χ2v) is 6.20. The zero-order valence-electron chi connectivity index (χ0n) is 11.6. The quantitative estimate of drug-likeness (QED) is 0.907. The average Bonchev–Trinajstić information content (AvgIpc) is 2.43. The number of carbonyl (C=O) groups is 1. The van der Waals surface area contributed by atoms with E-state index in [-0.39, 0.29) is 23.6 Å². The fraction of sp³-hybridized carbons (Fsp3) is 0.571. The van der Waals surface area contributed by atoms with Crippen molar-refractivity contribution in [3.8, 4) is 5.75 Å². The maximum Gasteiger partial charge on any atom is 0.238 e. The minimum absolute atomic E-state index is 0.0626. The highest BCUT2D eigenvalue weighted by Crippen LogP contribution is 2.38. The normalized spacial score (nSPS) is 21.7. The lowest BCUT2D eigenvalue weighted by atomic mass is 9.74. The Kier molecular flexibility index (Phi) is 4.34. The summed E-state index contributed by atoms with van der Waals surface area (Å²) in [6.45, 7) is 2.60. The van der Waals surface area contributed by atoms with E-state index in [4.69, 9.17) is 9.84 Å². The van der Waals surface area contributed by atoms with Gasteiger partial charge < -0.3 is 14.4 Å². The first-order chi connectivity index (χ1) is 9.44. The molecule has 5 nitrogen and oxygen atoms in total. The summed E-state index contributed by atoms with van der Waals surface area (Å²) in [5.41, 5.74) is -0.512. The molecule has 0 unspecified atom stereocenters. The molecule has 2 rings (SSSR count). The molecule has 1 aromatic rings. The number of aliphatic hydroxyl groups excluding tert-OH is 1. The number of rotatable bonds is 4. The van der Waals surface area contributed by atoms with Crippen molar-refractivity contribution in [2.24, 2.45) is 5.41 Å². The molecule has 1 aliphatic heterocycles. The molecule has 1 aliphatic rings. The van der Waals surface area contributed by atoms with Gasteiger partial charge in [-0.3, -0.25) is 9.59 Å². The van der Waals surface area contributed by atoms with Gasteiger partial charge in [-0.05, 0) is 35.2 Å². The van der Waals surface area contributed by atoms with Gasteiger partial charge in [-0.25, -0.2) is 0 Å². The van der Waals surface area contributed by atoms with Gasteiger partial charge in [0.2, 0.25) is 5.43 Å². The first-order valence-corrected chi connectivity index (χ1v) is 7.36. The molecular weight excluding hydrogens is 326 g/mol. The Morgan fingerprint density at radius 3 is 2.80 bits per heavy atom. The summed E-state index contributed by atoms with van der Waals surface area (Å²) in [5, 5.41) is 8.98. The summed E-state index contributed by atoms with van der Waals surface area (Å²) in [7, 11) is 1.40. The Morgan fingerprint density at radius 2 is 2.20 bits per heavy atom. The van der Waals surface area contributed by atoms with Gasteiger partial charge in [0.05, 0.1) is 11.6 Å². The van der Waals surface area contributed by atoms with Crippen LogP contribution in [-0.4, -0.2) is 29.2 Å². The number of fused-ring (bicyclic) bond motifs is 1. The number of halogens is 1. The highest BCUT2D eigenvalue weighted by molar-refractivity contribution is 9.10. The van der Waals surface area contributed by atoms with Crippen LogP contribution < -0.4 is 10.2 Å². The van der Waals surface area contributed by atoms with Crippen LogP contribution in [0, 0.1) is 5.41 Å². The van der Waals surface area contributed by atoms with Crippen LogP contribution in [0.4, 0.5) is 0 Å². The lowest BCUT2D eigenvalue weighted by molar-refractivity contribution is 0.0711. The number of Topliss-reactive ketones (excluding diaryl/α,β-unsaturated/α-hetero) is 1. The number of pyridine rings is 1. The number of nitrogens with zero attached hydrogens (tertiary/aromatic N) is 1. The zero-order chi connectivity index (χ0) is 14.9. The molecule has 20 heavy (non-hydrogen) atoms. The molecule has 0 aromatic carbocycles. The number of ether oxygens (including phenoxy) is 1. The second-order valence-electron chi connectivity index (χ2n) is 5.35. The summed E-state index contributed by atoms with van der Waals surface area (Å²) >= 11 is 3.20. The molecule has 0 fully saturated rings. The highest BCUT2D eigenvalue weighted by atomic mass is 79.9. The SMILES string of the molecule is COc1c2n(cc(Br)c1=O)CC[C@](C)(CCCO)C2=O. The number of hydrogen-bond acceptors (Lipinski definition) is 4. The fourth-order valence-electron chi connectivity index (χ4n) is 2.68. The van der Waals surface area contributed by atoms with Gasteiger partial charge >= 0.3 is 0 Å². The van der Waals surface area contributed by atoms with Gasteiger partial charge in [-0.15, -0.1) is 0 Å². The van der Waals surface area contributed by atoms with E-state index >= 15 is 0 Å². The van der Waals surface area contributed by atoms with Gasteiger partial charge in [-0.2, -0.15) is 0 Å². The van der Waals surface area contributed by atoms with Gasteiger partial charge in [0.1, 0.15) is 5.69 Å². The monoisotopic (exact) mass is 343 g/mol. The summed E-state index contributed by atoms with van der Waals surface area (Å²) in [6, 6.07) is 0. The van der Waals surface area contributed by atoms with Crippen molar-refractivity contribution in [2.45, 2.75) is 32.7 Å². The number of hydrogen-bond donors (Lipinski definition) is 1. The maximum atomic E-state index is 12.8. The molecule has 0 saturated carbocycles. The Bertz CT molecular complexity index is 596. The van der Waals surface area contributed by atoms with Crippen molar-refractivity contribution in [1.82, 2.24) is 4.57 Å². The molecule has 0 spiro atoms. The first kappa shape index (κ1) is 15.3.